The second-order valence-corrected chi connectivity index (χ2v) is 8.96. The van der Waals surface area contributed by atoms with Crippen LogP contribution in [0.25, 0.3) is 0 Å². The molecule has 1 saturated carbocycles. The summed E-state index contributed by atoms with van der Waals surface area (Å²) in [7, 11) is 0. The molecule has 0 aliphatic heterocycles. The zero-order valence-corrected chi connectivity index (χ0v) is 14.4. The van der Waals surface area contributed by atoms with Gasteiger partial charge in [0.15, 0.2) is 0 Å². The van der Waals surface area contributed by atoms with Crippen molar-refractivity contribution >= 4 is 39.0 Å². The zero-order chi connectivity index (χ0) is 13.0. The second kappa shape index (κ2) is 6.78. The summed E-state index contributed by atoms with van der Waals surface area (Å²) >= 11 is 7.44. The lowest BCUT2D eigenvalue weighted by molar-refractivity contribution is 0.368. The van der Waals surface area contributed by atoms with Gasteiger partial charge in [-0.1, -0.05) is 19.3 Å². The minimum Gasteiger partial charge on any atom is -0.308 e. The molecule has 2 rings (SSSR count). The first-order chi connectivity index (χ1) is 8.65. The van der Waals surface area contributed by atoms with E-state index in [-0.39, 0.29) is 0 Å². The molecule has 0 saturated heterocycles. The highest BCUT2D eigenvalue weighted by atomic mass is 79.9. The molecule has 1 aromatic rings. The molecule has 0 bridgehead atoms. The van der Waals surface area contributed by atoms with E-state index in [2.05, 4.69) is 58.3 Å². The Morgan fingerprint density at radius 2 is 2.11 bits per heavy atom. The van der Waals surface area contributed by atoms with Crippen molar-refractivity contribution in [3.05, 3.63) is 20.8 Å². The SMILES string of the molecule is CSC1(CNC(C)c2ccc(Br)s2)CCCCC1. The third kappa shape index (κ3) is 3.75. The molecule has 1 unspecified atom stereocenters. The van der Waals surface area contributed by atoms with Crippen LogP contribution in [0.1, 0.15) is 49.9 Å². The van der Waals surface area contributed by atoms with Crippen molar-refractivity contribution in [1.82, 2.24) is 5.32 Å². The van der Waals surface area contributed by atoms with Gasteiger partial charge in [0.05, 0.1) is 3.79 Å². The third-order valence-electron chi connectivity index (χ3n) is 3.95. The third-order valence-corrected chi connectivity index (χ3v) is 7.17. The second-order valence-electron chi connectivity index (χ2n) is 5.19. The predicted octanol–water partition coefficient (Wildman–Crippen LogP) is 5.23. The van der Waals surface area contributed by atoms with Crippen LogP contribution in [0.5, 0.6) is 0 Å². The van der Waals surface area contributed by atoms with Crippen LogP contribution >= 0.6 is 39.0 Å². The Hall–Kier alpha value is 0.490. The van der Waals surface area contributed by atoms with Crippen LogP contribution < -0.4 is 5.32 Å². The molecule has 1 aromatic heterocycles. The van der Waals surface area contributed by atoms with E-state index in [4.69, 9.17) is 0 Å². The fourth-order valence-electron chi connectivity index (χ4n) is 2.65. The standard InChI is InChI=1S/C14H22BrNS2/c1-11(12-6-7-13(15)18-12)16-10-14(17-2)8-4-3-5-9-14/h6-7,11,16H,3-5,8-10H2,1-2H3. The van der Waals surface area contributed by atoms with Crippen LogP contribution in [0, 0.1) is 0 Å². The number of hydrogen-bond donors (Lipinski definition) is 1. The average molecular weight is 348 g/mol. The van der Waals surface area contributed by atoms with Crippen molar-refractivity contribution in [3.8, 4) is 0 Å². The summed E-state index contributed by atoms with van der Waals surface area (Å²) in [5, 5.41) is 3.74. The number of thiophene rings is 1. The number of nitrogens with one attached hydrogen (secondary N) is 1. The van der Waals surface area contributed by atoms with Crippen molar-refractivity contribution in [2.24, 2.45) is 0 Å². The molecular formula is C14H22BrNS2. The average Bonchev–Trinajstić information content (AvgIpc) is 2.84. The molecule has 4 heteroatoms. The molecule has 1 atom stereocenters. The van der Waals surface area contributed by atoms with Crippen molar-refractivity contribution in [3.63, 3.8) is 0 Å². The summed E-state index contributed by atoms with van der Waals surface area (Å²) in [6.45, 7) is 3.42. The highest BCUT2D eigenvalue weighted by Gasteiger charge is 2.31. The summed E-state index contributed by atoms with van der Waals surface area (Å²) in [5.41, 5.74) is 0. The van der Waals surface area contributed by atoms with Gasteiger partial charge < -0.3 is 5.32 Å². The van der Waals surface area contributed by atoms with Crippen LogP contribution in [0.2, 0.25) is 0 Å². The van der Waals surface area contributed by atoms with Gasteiger partial charge in [-0.3, -0.25) is 0 Å². The summed E-state index contributed by atoms with van der Waals surface area (Å²) in [4.78, 5) is 1.42. The number of halogens is 1. The van der Waals surface area contributed by atoms with Crippen LogP contribution in [0.4, 0.5) is 0 Å². The molecule has 0 radical (unpaired) electrons. The Morgan fingerprint density at radius 3 is 2.67 bits per heavy atom. The van der Waals surface area contributed by atoms with E-state index in [9.17, 15) is 0 Å². The van der Waals surface area contributed by atoms with E-state index in [1.54, 1.807) is 0 Å². The number of hydrogen-bond acceptors (Lipinski definition) is 3. The molecule has 1 aliphatic carbocycles. The molecule has 1 fully saturated rings. The fourth-order valence-corrected chi connectivity index (χ4v) is 5.02. The van der Waals surface area contributed by atoms with E-state index in [0.29, 0.717) is 10.8 Å². The van der Waals surface area contributed by atoms with Gasteiger partial charge in [-0.2, -0.15) is 11.8 Å². The molecule has 0 amide bonds. The van der Waals surface area contributed by atoms with Gasteiger partial charge in [0.2, 0.25) is 0 Å². The van der Waals surface area contributed by atoms with Crippen molar-refractivity contribution < 1.29 is 0 Å². The van der Waals surface area contributed by atoms with E-state index in [0.717, 1.165) is 6.54 Å². The lowest BCUT2D eigenvalue weighted by atomic mass is 9.88. The Kier molecular flexibility index (Phi) is 5.61. The maximum absolute atomic E-state index is 3.74. The molecule has 1 nitrogen and oxygen atoms in total. The molecule has 1 N–H and O–H groups in total. The van der Waals surface area contributed by atoms with Crippen LogP contribution in [-0.4, -0.2) is 17.5 Å². The number of thioether (sulfide) groups is 1. The van der Waals surface area contributed by atoms with Gasteiger partial charge >= 0.3 is 0 Å². The smallest absolute Gasteiger partial charge is 0.0701 e. The first-order valence-corrected chi connectivity index (χ1v) is 9.52. The minimum absolute atomic E-state index is 0.465. The Bertz CT molecular complexity index is 372. The maximum Gasteiger partial charge on any atom is 0.0701 e. The number of rotatable bonds is 5. The van der Waals surface area contributed by atoms with Gasteiger partial charge in [-0.25, -0.2) is 0 Å². The molecule has 1 aliphatic rings. The molecule has 1 heterocycles. The van der Waals surface area contributed by atoms with Crippen LogP contribution in [0.3, 0.4) is 0 Å². The summed E-state index contributed by atoms with van der Waals surface area (Å²) in [6, 6.07) is 4.83. The van der Waals surface area contributed by atoms with Gasteiger partial charge in [-0.15, -0.1) is 11.3 Å². The first-order valence-electron chi connectivity index (χ1n) is 6.69. The largest absolute Gasteiger partial charge is 0.308 e. The summed E-state index contributed by atoms with van der Waals surface area (Å²) < 4.78 is 1.71. The van der Waals surface area contributed by atoms with Crippen LogP contribution in [0.15, 0.2) is 15.9 Å². The van der Waals surface area contributed by atoms with Gasteiger partial charge in [0.25, 0.3) is 0 Å². The minimum atomic E-state index is 0.465. The van der Waals surface area contributed by atoms with E-state index < -0.39 is 0 Å². The lowest BCUT2D eigenvalue weighted by Gasteiger charge is -2.36. The molecule has 102 valence electrons. The van der Waals surface area contributed by atoms with E-state index in [1.807, 2.05) is 11.3 Å². The summed E-state index contributed by atoms with van der Waals surface area (Å²) in [5.74, 6) is 0. The predicted molar refractivity (Wildman–Crippen MR) is 87.8 cm³/mol. The Morgan fingerprint density at radius 1 is 1.39 bits per heavy atom. The highest BCUT2D eigenvalue weighted by molar-refractivity contribution is 9.11. The summed E-state index contributed by atoms with van der Waals surface area (Å²) in [6.07, 6.45) is 9.27. The van der Waals surface area contributed by atoms with Crippen molar-refractivity contribution in [2.45, 2.75) is 49.8 Å². The maximum atomic E-state index is 3.74. The molecule has 18 heavy (non-hydrogen) atoms. The quantitative estimate of drug-likeness (QED) is 0.782. The Labute approximate surface area is 127 Å². The topological polar surface area (TPSA) is 12.0 Å². The highest BCUT2D eigenvalue weighted by Crippen LogP contribution is 2.38. The van der Waals surface area contributed by atoms with E-state index in [1.165, 1.54) is 40.8 Å². The molecular weight excluding hydrogens is 326 g/mol. The lowest BCUT2D eigenvalue weighted by Crippen LogP contribution is -2.40. The first kappa shape index (κ1) is 14.9. The monoisotopic (exact) mass is 347 g/mol. The fraction of sp³-hybridized carbons (Fsp3) is 0.714. The van der Waals surface area contributed by atoms with Gasteiger partial charge in [0.1, 0.15) is 0 Å². The Balaban J connectivity index is 1.89. The van der Waals surface area contributed by atoms with E-state index >= 15 is 0 Å². The van der Waals surface area contributed by atoms with Gasteiger partial charge in [-0.05, 0) is 54.1 Å². The van der Waals surface area contributed by atoms with Crippen LogP contribution in [-0.2, 0) is 0 Å². The molecule has 0 aromatic carbocycles. The zero-order valence-electron chi connectivity index (χ0n) is 11.2. The van der Waals surface area contributed by atoms with Gasteiger partial charge in [0, 0.05) is 22.2 Å². The molecule has 0 spiro atoms. The van der Waals surface area contributed by atoms with Crippen molar-refractivity contribution in [1.29, 1.82) is 0 Å². The van der Waals surface area contributed by atoms with Crippen molar-refractivity contribution in [2.75, 3.05) is 12.8 Å². The normalized spacial score (nSPS) is 20.8.